The molecule has 1 aliphatic carbocycles. The number of phenolic OH excluding ortho intramolecular Hbond substituents is 1. The van der Waals surface area contributed by atoms with E-state index < -0.39 is 22.2 Å². The maximum absolute atomic E-state index is 12.4. The molecule has 1 aliphatic rings. The van der Waals surface area contributed by atoms with Crippen molar-refractivity contribution in [3.05, 3.63) is 68.8 Å². The third kappa shape index (κ3) is 1.45. The molecule has 0 saturated heterocycles. The zero-order valence-electron chi connectivity index (χ0n) is 9.99. The predicted octanol–water partition coefficient (Wildman–Crippen LogP) is 2.08. The van der Waals surface area contributed by atoms with Gasteiger partial charge in [-0.2, -0.15) is 0 Å². The van der Waals surface area contributed by atoms with Crippen LogP contribution in [-0.2, 0) is 0 Å². The molecule has 0 amide bonds. The van der Waals surface area contributed by atoms with Crippen molar-refractivity contribution in [2.24, 2.45) is 0 Å². The van der Waals surface area contributed by atoms with Crippen molar-refractivity contribution >= 4 is 17.3 Å². The highest BCUT2D eigenvalue weighted by Gasteiger charge is 2.36. The summed E-state index contributed by atoms with van der Waals surface area (Å²) in [6.45, 7) is 0. The first-order chi connectivity index (χ1) is 9.52. The van der Waals surface area contributed by atoms with Crippen LogP contribution in [0.4, 0.5) is 5.69 Å². The van der Waals surface area contributed by atoms with E-state index >= 15 is 0 Å². The van der Waals surface area contributed by atoms with Gasteiger partial charge in [-0.15, -0.1) is 0 Å². The molecule has 0 fully saturated rings. The highest BCUT2D eigenvalue weighted by molar-refractivity contribution is 6.30. The van der Waals surface area contributed by atoms with Crippen LogP contribution < -0.4 is 0 Å². The van der Waals surface area contributed by atoms with Crippen LogP contribution in [0.5, 0.6) is 5.75 Å². The van der Waals surface area contributed by atoms with Gasteiger partial charge in [0.15, 0.2) is 5.78 Å². The fourth-order valence-corrected chi connectivity index (χ4v) is 2.36. The molecule has 0 unspecified atom stereocenters. The first-order valence-corrected chi connectivity index (χ1v) is 5.71. The quantitative estimate of drug-likeness (QED) is 0.538. The molecule has 0 spiro atoms. The standard InChI is InChI=1S/C14H7NO5/c16-10-6-2-4-8-12(10)14(18)7-3-1-5-9(15(19)20)11(7)13(8)17/h1-6,16H. The Kier molecular flexibility index (Phi) is 2.40. The normalized spacial score (nSPS) is 12.8. The molecular weight excluding hydrogens is 262 g/mol. The monoisotopic (exact) mass is 269 g/mol. The number of benzene rings is 2. The van der Waals surface area contributed by atoms with E-state index in [-0.39, 0.29) is 28.0 Å². The van der Waals surface area contributed by atoms with Crippen molar-refractivity contribution in [2.45, 2.75) is 0 Å². The molecule has 20 heavy (non-hydrogen) atoms. The third-order valence-electron chi connectivity index (χ3n) is 3.22. The van der Waals surface area contributed by atoms with E-state index in [4.69, 9.17) is 0 Å². The molecule has 2 aromatic rings. The Morgan fingerprint density at radius 3 is 2.10 bits per heavy atom. The van der Waals surface area contributed by atoms with Crippen molar-refractivity contribution < 1.29 is 19.6 Å². The SMILES string of the molecule is O=C1c2cccc([N+](=O)[O-])c2C(=O)c2cccc(O)c21. The summed E-state index contributed by atoms with van der Waals surface area (Å²) in [6.07, 6.45) is 0. The van der Waals surface area contributed by atoms with Gasteiger partial charge in [0.05, 0.1) is 10.5 Å². The Labute approximate surface area is 112 Å². The van der Waals surface area contributed by atoms with Gasteiger partial charge < -0.3 is 5.11 Å². The zero-order chi connectivity index (χ0) is 14.4. The fourth-order valence-electron chi connectivity index (χ4n) is 2.36. The highest BCUT2D eigenvalue weighted by Crippen LogP contribution is 2.36. The van der Waals surface area contributed by atoms with Crippen LogP contribution in [0.15, 0.2) is 36.4 Å². The lowest BCUT2D eigenvalue weighted by molar-refractivity contribution is -0.385. The maximum atomic E-state index is 12.4. The van der Waals surface area contributed by atoms with E-state index in [1.54, 1.807) is 0 Å². The molecule has 0 atom stereocenters. The summed E-state index contributed by atoms with van der Waals surface area (Å²) in [5.74, 6) is -1.52. The second kappa shape index (κ2) is 3.99. The maximum Gasteiger partial charge on any atom is 0.281 e. The number of hydrogen-bond acceptors (Lipinski definition) is 5. The Morgan fingerprint density at radius 1 is 0.900 bits per heavy atom. The number of aromatic hydroxyl groups is 1. The highest BCUT2D eigenvalue weighted by atomic mass is 16.6. The van der Waals surface area contributed by atoms with E-state index in [2.05, 4.69) is 0 Å². The molecule has 0 aliphatic heterocycles. The predicted molar refractivity (Wildman–Crippen MR) is 68.1 cm³/mol. The number of fused-ring (bicyclic) bond motifs is 2. The number of nitro groups is 1. The first-order valence-electron chi connectivity index (χ1n) is 5.71. The molecular formula is C14H7NO5. The molecule has 0 bridgehead atoms. The third-order valence-corrected chi connectivity index (χ3v) is 3.22. The largest absolute Gasteiger partial charge is 0.507 e. The summed E-state index contributed by atoms with van der Waals surface area (Å²) in [5, 5.41) is 20.7. The van der Waals surface area contributed by atoms with Gasteiger partial charge in [-0.1, -0.05) is 18.2 Å². The van der Waals surface area contributed by atoms with Crippen LogP contribution in [0.3, 0.4) is 0 Å². The number of nitro benzene ring substituents is 1. The minimum atomic E-state index is -0.697. The minimum Gasteiger partial charge on any atom is -0.507 e. The second-order valence-electron chi connectivity index (χ2n) is 4.31. The van der Waals surface area contributed by atoms with Crippen LogP contribution in [0.2, 0.25) is 0 Å². The van der Waals surface area contributed by atoms with E-state index in [1.165, 1.54) is 36.4 Å². The molecule has 6 nitrogen and oxygen atoms in total. The Bertz CT molecular complexity index is 794. The Morgan fingerprint density at radius 2 is 1.45 bits per heavy atom. The van der Waals surface area contributed by atoms with Crippen LogP contribution in [0.25, 0.3) is 0 Å². The van der Waals surface area contributed by atoms with Gasteiger partial charge in [0.25, 0.3) is 5.69 Å². The van der Waals surface area contributed by atoms with E-state index in [1.807, 2.05) is 0 Å². The summed E-state index contributed by atoms with van der Waals surface area (Å²) in [6, 6.07) is 7.95. The second-order valence-corrected chi connectivity index (χ2v) is 4.31. The number of hydrogen-bond donors (Lipinski definition) is 1. The van der Waals surface area contributed by atoms with Crippen LogP contribution in [0, 0.1) is 10.1 Å². The number of carbonyl (C=O) groups excluding carboxylic acids is 2. The van der Waals surface area contributed by atoms with Crippen molar-refractivity contribution in [3.63, 3.8) is 0 Å². The van der Waals surface area contributed by atoms with Crippen LogP contribution in [0.1, 0.15) is 31.8 Å². The van der Waals surface area contributed by atoms with Crippen molar-refractivity contribution in [2.75, 3.05) is 0 Å². The molecule has 0 saturated carbocycles. The lowest BCUT2D eigenvalue weighted by Gasteiger charge is -2.17. The molecule has 6 heteroatoms. The summed E-state index contributed by atoms with van der Waals surface area (Å²) in [4.78, 5) is 35.0. The Balaban J connectivity index is 2.38. The first kappa shape index (κ1) is 12.0. The topological polar surface area (TPSA) is 97.5 Å². The minimum absolute atomic E-state index is 0.0169. The zero-order valence-corrected chi connectivity index (χ0v) is 9.99. The van der Waals surface area contributed by atoms with E-state index in [0.29, 0.717) is 0 Å². The van der Waals surface area contributed by atoms with Crippen molar-refractivity contribution in [1.82, 2.24) is 0 Å². The van der Waals surface area contributed by atoms with Crippen LogP contribution >= 0.6 is 0 Å². The fraction of sp³-hybridized carbons (Fsp3) is 0. The molecule has 2 aromatic carbocycles. The molecule has 0 heterocycles. The average molecular weight is 269 g/mol. The summed E-state index contributed by atoms with van der Waals surface area (Å²) in [7, 11) is 0. The summed E-state index contributed by atoms with van der Waals surface area (Å²) >= 11 is 0. The van der Waals surface area contributed by atoms with Crippen LogP contribution in [-0.4, -0.2) is 21.6 Å². The van der Waals surface area contributed by atoms with Gasteiger partial charge in [-0.3, -0.25) is 19.7 Å². The Hall–Kier alpha value is -3.02. The van der Waals surface area contributed by atoms with Gasteiger partial charge in [0.1, 0.15) is 11.3 Å². The van der Waals surface area contributed by atoms with E-state index in [0.717, 1.165) is 0 Å². The van der Waals surface area contributed by atoms with Gasteiger partial charge >= 0.3 is 0 Å². The van der Waals surface area contributed by atoms with Crippen molar-refractivity contribution in [3.8, 4) is 5.75 Å². The number of nitrogens with zero attached hydrogens (tertiary/aromatic N) is 1. The van der Waals surface area contributed by atoms with Gasteiger partial charge in [-0.25, -0.2) is 0 Å². The molecule has 3 rings (SSSR count). The van der Waals surface area contributed by atoms with E-state index in [9.17, 15) is 24.8 Å². The van der Waals surface area contributed by atoms with Gasteiger partial charge in [0.2, 0.25) is 5.78 Å². The molecule has 0 radical (unpaired) electrons. The number of phenols is 1. The number of ketones is 2. The molecule has 98 valence electrons. The average Bonchev–Trinajstić information content (AvgIpc) is 2.43. The molecule has 0 aromatic heterocycles. The number of rotatable bonds is 1. The molecule has 1 N–H and O–H groups in total. The summed E-state index contributed by atoms with van der Waals surface area (Å²) in [5.41, 5.74) is -0.809. The summed E-state index contributed by atoms with van der Waals surface area (Å²) < 4.78 is 0. The van der Waals surface area contributed by atoms with Gasteiger partial charge in [-0.05, 0) is 12.1 Å². The number of carbonyl (C=O) groups is 2. The van der Waals surface area contributed by atoms with Gasteiger partial charge in [0, 0.05) is 17.2 Å². The lowest BCUT2D eigenvalue weighted by atomic mass is 9.83. The lowest BCUT2D eigenvalue weighted by Crippen LogP contribution is -2.22. The van der Waals surface area contributed by atoms with Crippen molar-refractivity contribution in [1.29, 1.82) is 0 Å². The smallest absolute Gasteiger partial charge is 0.281 e.